The Hall–Kier alpha value is -2.53. The summed E-state index contributed by atoms with van der Waals surface area (Å²) in [5.74, 6) is 2.10. The largest absolute Gasteiger partial charge is 0.493 e. The van der Waals surface area contributed by atoms with Gasteiger partial charge in [-0.15, -0.1) is 0 Å². The highest BCUT2D eigenvalue weighted by Gasteiger charge is 2.24. The first-order valence-electron chi connectivity index (χ1n) is 10.0. The average Bonchev–Trinajstić information content (AvgIpc) is 2.72. The van der Waals surface area contributed by atoms with Crippen LogP contribution >= 0.6 is 0 Å². The lowest BCUT2D eigenvalue weighted by molar-refractivity contribution is -0.907. The minimum absolute atomic E-state index is 0.0511. The van der Waals surface area contributed by atoms with E-state index >= 15 is 0 Å². The van der Waals surface area contributed by atoms with E-state index in [4.69, 9.17) is 9.47 Å². The fourth-order valence-electron chi connectivity index (χ4n) is 3.74. The van der Waals surface area contributed by atoms with Crippen LogP contribution in [0.1, 0.15) is 42.9 Å². The van der Waals surface area contributed by atoms with E-state index in [0.29, 0.717) is 12.5 Å². The van der Waals surface area contributed by atoms with Crippen LogP contribution in [-0.2, 0) is 17.8 Å². The molecule has 1 aliphatic heterocycles. The summed E-state index contributed by atoms with van der Waals surface area (Å²) in [4.78, 5) is 13.8. The van der Waals surface area contributed by atoms with Crippen molar-refractivity contribution in [2.75, 3.05) is 32.6 Å². The number of fused-ring (bicyclic) bond motifs is 1. The number of hydrogen-bond acceptors (Lipinski definition) is 3. The molecule has 0 bridgehead atoms. The van der Waals surface area contributed by atoms with Crippen molar-refractivity contribution in [3.8, 4) is 11.5 Å². The molecule has 0 aliphatic carbocycles. The van der Waals surface area contributed by atoms with Crippen molar-refractivity contribution in [2.45, 2.75) is 39.2 Å². The lowest BCUT2D eigenvalue weighted by Crippen LogP contribution is -3.12. The summed E-state index contributed by atoms with van der Waals surface area (Å²) in [5, 5.41) is 3.03. The predicted octanol–water partition coefficient (Wildman–Crippen LogP) is 2.80. The molecule has 150 valence electrons. The van der Waals surface area contributed by atoms with Crippen LogP contribution in [0, 0.1) is 0 Å². The molecule has 2 aromatic carbocycles. The molecule has 1 heterocycles. The fourth-order valence-corrected chi connectivity index (χ4v) is 3.74. The Morgan fingerprint density at radius 3 is 2.36 bits per heavy atom. The quantitative estimate of drug-likeness (QED) is 0.773. The number of amides is 1. The van der Waals surface area contributed by atoms with E-state index in [9.17, 15) is 4.79 Å². The SMILES string of the molecule is CC[C@@H](C)c1ccc(NC(=O)C[NH+]2CCc3cc(OC)c(OC)cc3C2)cc1. The van der Waals surface area contributed by atoms with Crippen molar-refractivity contribution in [1.82, 2.24) is 0 Å². The maximum absolute atomic E-state index is 12.5. The highest BCUT2D eigenvalue weighted by Crippen LogP contribution is 2.31. The number of anilines is 1. The second-order valence-corrected chi connectivity index (χ2v) is 7.56. The van der Waals surface area contributed by atoms with E-state index in [2.05, 4.69) is 37.4 Å². The molecule has 5 nitrogen and oxygen atoms in total. The molecule has 0 saturated carbocycles. The third kappa shape index (κ3) is 4.65. The van der Waals surface area contributed by atoms with Crippen LogP contribution in [0.15, 0.2) is 36.4 Å². The average molecular weight is 384 g/mol. The maximum Gasteiger partial charge on any atom is 0.279 e. The summed E-state index contributed by atoms with van der Waals surface area (Å²) >= 11 is 0. The molecule has 2 atom stereocenters. The van der Waals surface area contributed by atoms with Crippen LogP contribution in [0.25, 0.3) is 0 Å². The van der Waals surface area contributed by atoms with Gasteiger partial charge in [-0.05, 0) is 47.7 Å². The molecule has 3 rings (SSSR count). The zero-order chi connectivity index (χ0) is 20.1. The van der Waals surface area contributed by atoms with Gasteiger partial charge in [0.1, 0.15) is 6.54 Å². The number of ether oxygens (including phenoxy) is 2. The number of carbonyl (C=O) groups excluding carboxylic acids is 1. The number of methoxy groups -OCH3 is 2. The number of hydrogen-bond donors (Lipinski definition) is 2. The van der Waals surface area contributed by atoms with Crippen LogP contribution in [0.2, 0.25) is 0 Å². The summed E-state index contributed by atoms with van der Waals surface area (Å²) in [6, 6.07) is 12.3. The smallest absolute Gasteiger partial charge is 0.279 e. The van der Waals surface area contributed by atoms with Crippen LogP contribution < -0.4 is 19.7 Å². The first kappa shape index (κ1) is 20.2. The van der Waals surface area contributed by atoms with Crippen LogP contribution in [0.3, 0.4) is 0 Å². The van der Waals surface area contributed by atoms with E-state index < -0.39 is 0 Å². The van der Waals surface area contributed by atoms with Crippen molar-refractivity contribution >= 4 is 11.6 Å². The van der Waals surface area contributed by atoms with E-state index in [1.807, 2.05) is 18.2 Å². The highest BCUT2D eigenvalue weighted by atomic mass is 16.5. The Morgan fingerprint density at radius 2 is 1.75 bits per heavy atom. The fraction of sp³-hybridized carbons (Fsp3) is 0.435. The molecule has 1 unspecified atom stereocenters. The van der Waals surface area contributed by atoms with Crippen molar-refractivity contribution in [3.05, 3.63) is 53.1 Å². The van der Waals surface area contributed by atoms with Crippen LogP contribution in [0.4, 0.5) is 5.69 Å². The van der Waals surface area contributed by atoms with Gasteiger partial charge in [-0.1, -0.05) is 26.0 Å². The zero-order valence-corrected chi connectivity index (χ0v) is 17.3. The number of carbonyl (C=O) groups is 1. The van der Waals surface area contributed by atoms with Gasteiger partial charge in [0.25, 0.3) is 5.91 Å². The Labute approximate surface area is 167 Å². The molecule has 2 aromatic rings. The molecule has 0 saturated heterocycles. The van der Waals surface area contributed by atoms with Crippen molar-refractivity contribution < 1.29 is 19.2 Å². The topological polar surface area (TPSA) is 52.0 Å². The van der Waals surface area contributed by atoms with Gasteiger partial charge in [0.05, 0.1) is 20.8 Å². The molecule has 28 heavy (non-hydrogen) atoms. The van der Waals surface area contributed by atoms with Gasteiger partial charge < -0.3 is 19.7 Å². The second-order valence-electron chi connectivity index (χ2n) is 7.56. The molecule has 0 spiro atoms. The second kappa shape index (κ2) is 9.11. The van der Waals surface area contributed by atoms with E-state index in [0.717, 1.165) is 43.1 Å². The summed E-state index contributed by atoms with van der Waals surface area (Å²) in [7, 11) is 3.31. The highest BCUT2D eigenvalue weighted by molar-refractivity contribution is 5.91. The van der Waals surface area contributed by atoms with Crippen LogP contribution in [-0.4, -0.2) is 33.2 Å². The summed E-state index contributed by atoms with van der Waals surface area (Å²) in [5.41, 5.74) is 4.68. The van der Waals surface area contributed by atoms with Crippen molar-refractivity contribution in [1.29, 1.82) is 0 Å². The summed E-state index contributed by atoms with van der Waals surface area (Å²) in [6.07, 6.45) is 2.05. The van der Waals surface area contributed by atoms with E-state index in [-0.39, 0.29) is 5.91 Å². The monoisotopic (exact) mass is 383 g/mol. The van der Waals surface area contributed by atoms with E-state index in [1.54, 1.807) is 14.2 Å². The molecule has 0 radical (unpaired) electrons. The van der Waals surface area contributed by atoms with Crippen LogP contribution in [0.5, 0.6) is 11.5 Å². The normalized spacial score (nSPS) is 16.8. The first-order chi connectivity index (χ1) is 13.5. The number of rotatable bonds is 7. The third-order valence-electron chi connectivity index (χ3n) is 5.68. The summed E-state index contributed by atoms with van der Waals surface area (Å²) < 4.78 is 10.8. The predicted molar refractivity (Wildman–Crippen MR) is 111 cm³/mol. The van der Waals surface area contributed by atoms with Gasteiger partial charge in [0, 0.05) is 17.7 Å². The minimum atomic E-state index is 0.0511. The molecule has 0 fully saturated rings. The lowest BCUT2D eigenvalue weighted by Gasteiger charge is -2.26. The Morgan fingerprint density at radius 1 is 1.11 bits per heavy atom. The zero-order valence-electron chi connectivity index (χ0n) is 17.3. The maximum atomic E-state index is 12.5. The van der Waals surface area contributed by atoms with Crippen molar-refractivity contribution in [3.63, 3.8) is 0 Å². The molecule has 2 N–H and O–H groups in total. The van der Waals surface area contributed by atoms with Gasteiger partial charge in [-0.25, -0.2) is 0 Å². The minimum Gasteiger partial charge on any atom is -0.493 e. The molecule has 5 heteroatoms. The molecular weight excluding hydrogens is 352 g/mol. The number of quaternary nitrogens is 1. The van der Waals surface area contributed by atoms with Gasteiger partial charge in [-0.2, -0.15) is 0 Å². The van der Waals surface area contributed by atoms with Gasteiger partial charge in [0.2, 0.25) is 0 Å². The standard InChI is InChI=1S/C23H30N2O3/c1-5-16(2)17-6-8-20(9-7-17)24-23(26)15-25-11-10-18-12-21(27-3)22(28-4)13-19(18)14-25/h6-9,12-13,16H,5,10-11,14-15H2,1-4H3,(H,24,26)/p+1/t16-/m1/s1. The number of benzene rings is 2. The Kier molecular flexibility index (Phi) is 6.57. The third-order valence-corrected chi connectivity index (χ3v) is 5.68. The summed E-state index contributed by atoms with van der Waals surface area (Å²) in [6.45, 7) is 6.61. The molecule has 1 aliphatic rings. The Bertz CT molecular complexity index is 817. The molecule has 1 amide bonds. The van der Waals surface area contributed by atoms with E-state index in [1.165, 1.54) is 21.6 Å². The lowest BCUT2D eigenvalue weighted by atomic mass is 9.98. The van der Waals surface area contributed by atoms with Crippen molar-refractivity contribution in [2.24, 2.45) is 0 Å². The van der Waals surface area contributed by atoms with Gasteiger partial charge >= 0.3 is 0 Å². The number of nitrogens with one attached hydrogen (secondary N) is 2. The van der Waals surface area contributed by atoms with Gasteiger partial charge in [-0.3, -0.25) is 4.79 Å². The van der Waals surface area contributed by atoms with Gasteiger partial charge in [0.15, 0.2) is 18.0 Å². The molecular formula is C23H31N2O3+. The Balaban J connectivity index is 1.60. The molecule has 0 aromatic heterocycles. The first-order valence-corrected chi connectivity index (χ1v) is 10.0.